The molecule has 1 saturated heterocycles. The number of rotatable bonds is 11. The number of anilines is 1. The molecule has 0 bridgehead atoms. The lowest BCUT2D eigenvalue weighted by Gasteiger charge is -2.36. The Hall–Kier alpha value is -2.28. The molecule has 2 aliphatic rings. The average Bonchev–Trinajstić information content (AvgIpc) is 3.62. The highest BCUT2D eigenvalue weighted by atomic mass is 16.2. The Morgan fingerprint density at radius 3 is 2.55 bits per heavy atom. The van der Waals surface area contributed by atoms with E-state index in [2.05, 4.69) is 68.9 Å². The first-order chi connectivity index (χ1) is 15.2. The summed E-state index contributed by atoms with van der Waals surface area (Å²) in [5, 5.41) is 9.57. The Morgan fingerprint density at radius 1 is 1.06 bits per heavy atom. The summed E-state index contributed by atoms with van der Waals surface area (Å²) in [5.74, 6) is 1.31. The molecule has 1 saturated carbocycles. The van der Waals surface area contributed by atoms with E-state index >= 15 is 0 Å². The van der Waals surface area contributed by atoms with Gasteiger partial charge in [0.2, 0.25) is 5.91 Å². The van der Waals surface area contributed by atoms with Crippen LogP contribution in [0.5, 0.6) is 0 Å². The highest BCUT2D eigenvalue weighted by Crippen LogP contribution is 2.28. The summed E-state index contributed by atoms with van der Waals surface area (Å²) in [6.07, 6.45) is 4.36. The number of aliphatic imine (C=N–C) groups is 1. The topological polar surface area (TPSA) is 72.0 Å². The van der Waals surface area contributed by atoms with E-state index in [4.69, 9.17) is 0 Å². The zero-order valence-electron chi connectivity index (χ0n) is 19.3. The maximum atomic E-state index is 11.7. The van der Waals surface area contributed by atoms with E-state index in [0.717, 1.165) is 71.0 Å². The molecule has 3 N–H and O–H groups in total. The van der Waals surface area contributed by atoms with E-state index in [9.17, 15) is 4.79 Å². The lowest BCUT2D eigenvalue weighted by atomic mass is 10.2. The van der Waals surface area contributed by atoms with Crippen LogP contribution in [0.25, 0.3) is 0 Å². The van der Waals surface area contributed by atoms with Gasteiger partial charge >= 0.3 is 0 Å². The molecule has 1 amide bonds. The van der Waals surface area contributed by atoms with Crippen molar-refractivity contribution in [3.63, 3.8) is 0 Å². The van der Waals surface area contributed by atoms with E-state index in [1.54, 1.807) is 0 Å². The van der Waals surface area contributed by atoms with Crippen LogP contribution in [0.4, 0.5) is 5.69 Å². The first-order valence-electron chi connectivity index (χ1n) is 12.0. The molecule has 0 radical (unpaired) electrons. The summed E-state index contributed by atoms with van der Waals surface area (Å²) in [5.41, 5.74) is 2.68. The van der Waals surface area contributed by atoms with Crippen LogP contribution >= 0.6 is 0 Å². The van der Waals surface area contributed by atoms with Crippen molar-refractivity contribution in [1.82, 2.24) is 20.9 Å². The molecular weight excluding hydrogens is 388 g/mol. The molecule has 1 aliphatic heterocycles. The van der Waals surface area contributed by atoms with Crippen molar-refractivity contribution in [2.24, 2.45) is 10.9 Å². The highest BCUT2D eigenvalue weighted by Gasteiger charge is 2.28. The fourth-order valence-electron chi connectivity index (χ4n) is 3.89. The lowest BCUT2D eigenvalue weighted by molar-refractivity contribution is -0.122. The second-order valence-electron chi connectivity index (χ2n) is 8.63. The largest absolute Gasteiger partial charge is 0.369 e. The molecule has 7 heteroatoms. The third-order valence-electron chi connectivity index (χ3n) is 5.90. The van der Waals surface area contributed by atoms with Crippen LogP contribution in [0, 0.1) is 12.8 Å². The molecule has 0 spiro atoms. The number of amides is 1. The fourth-order valence-corrected chi connectivity index (χ4v) is 3.89. The number of hydrogen-bond acceptors (Lipinski definition) is 4. The summed E-state index contributed by atoms with van der Waals surface area (Å²) >= 11 is 0. The molecule has 172 valence electrons. The van der Waals surface area contributed by atoms with Gasteiger partial charge in [0, 0.05) is 64.0 Å². The molecule has 3 rings (SSSR count). The molecule has 1 aliphatic carbocycles. The average molecular weight is 429 g/mol. The first-order valence-corrected chi connectivity index (χ1v) is 12.0. The van der Waals surface area contributed by atoms with E-state index in [0.29, 0.717) is 13.1 Å². The van der Waals surface area contributed by atoms with Crippen molar-refractivity contribution in [3.8, 4) is 0 Å². The Morgan fingerprint density at radius 2 is 1.84 bits per heavy atom. The Kier molecular flexibility index (Phi) is 9.46. The van der Waals surface area contributed by atoms with Crippen molar-refractivity contribution < 1.29 is 4.79 Å². The minimum Gasteiger partial charge on any atom is -0.369 e. The Balaban J connectivity index is 1.26. The summed E-state index contributed by atoms with van der Waals surface area (Å²) in [6.45, 7) is 12.9. The van der Waals surface area contributed by atoms with Gasteiger partial charge in [-0.3, -0.25) is 14.7 Å². The van der Waals surface area contributed by atoms with Gasteiger partial charge in [0.25, 0.3) is 0 Å². The molecule has 0 atom stereocenters. The predicted molar refractivity (Wildman–Crippen MR) is 129 cm³/mol. The smallest absolute Gasteiger partial charge is 0.223 e. The van der Waals surface area contributed by atoms with Gasteiger partial charge in [-0.25, -0.2) is 0 Å². The van der Waals surface area contributed by atoms with E-state index in [1.165, 1.54) is 17.7 Å². The second-order valence-corrected chi connectivity index (χ2v) is 8.63. The number of piperazine rings is 1. The zero-order valence-corrected chi connectivity index (χ0v) is 19.3. The van der Waals surface area contributed by atoms with Gasteiger partial charge < -0.3 is 20.9 Å². The number of carbonyl (C=O) groups excluding carboxylic acids is 1. The minimum absolute atomic E-state index is 0.198. The van der Waals surface area contributed by atoms with E-state index < -0.39 is 0 Å². The molecule has 1 aromatic carbocycles. The van der Waals surface area contributed by atoms with Crippen LogP contribution < -0.4 is 20.9 Å². The number of guanidine groups is 1. The zero-order chi connectivity index (χ0) is 21.9. The van der Waals surface area contributed by atoms with Crippen molar-refractivity contribution in [2.75, 3.05) is 63.8 Å². The van der Waals surface area contributed by atoms with Crippen molar-refractivity contribution in [1.29, 1.82) is 0 Å². The summed E-state index contributed by atoms with van der Waals surface area (Å²) in [6, 6.07) is 8.81. The third kappa shape index (κ3) is 8.40. The quantitative estimate of drug-likeness (QED) is 0.286. The molecule has 7 nitrogen and oxygen atoms in total. The minimum atomic E-state index is 0.198. The summed E-state index contributed by atoms with van der Waals surface area (Å²) < 4.78 is 0. The molecule has 1 heterocycles. The van der Waals surface area contributed by atoms with Crippen LogP contribution in [-0.4, -0.2) is 75.7 Å². The maximum Gasteiger partial charge on any atom is 0.223 e. The van der Waals surface area contributed by atoms with E-state index in [1.807, 2.05) is 0 Å². The van der Waals surface area contributed by atoms with Crippen LogP contribution in [0.2, 0.25) is 0 Å². The number of carbonyl (C=O) groups is 1. The molecule has 1 aromatic rings. The number of nitrogens with zero attached hydrogens (tertiary/aromatic N) is 3. The van der Waals surface area contributed by atoms with Gasteiger partial charge in [-0.1, -0.05) is 12.1 Å². The summed E-state index contributed by atoms with van der Waals surface area (Å²) in [7, 11) is 0. The maximum absolute atomic E-state index is 11.7. The monoisotopic (exact) mass is 428 g/mol. The van der Waals surface area contributed by atoms with Crippen molar-refractivity contribution in [2.45, 2.75) is 39.5 Å². The van der Waals surface area contributed by atoms with E-state index in [-0.39, 0.29) is 11.8 Å². The molecule has 2 fully saturated rings. The fraction of sp³-hybridized carbons (Fsp3) is 0.667. The second kappa shape index (κ2) is 12.5. The number of nitrogens with one attached hydrogen (secondary N) is 3. The lowest BCUT2D eigenvalue weighted by Crippen LogP contribution is -2.46. The normalized spacial score (nSPS) is 17.5. The Labute approximate surface area is 187 Å². The van der Waals surface area contributed by atoms with Gasteiger partial charge in [0.05, 0.1) is 0 Å². The SMILES string of the molecule is CCNC(=NCCCCN1CCN(c2cccc(C)c2)CC1)NCCNC(=O)C1CC1. The summed E-state index contributed by atoms with van der Waals surface area (Å²) in [4.78, 5) is 21.4. The predicted octanol–water partition coefficient (Wildman–Crippen LogP) is 1.98. The number of aryl methyl sites for hydroxylation is 1. The standard InChI is InChI=1S/C24H40N6O/c1-3-25-24(28-13-12-26-23(31)21-9-10-21)27-11-4-5-14-29-15-17-30(18-16-29)22-8-6-7-20(2)19-22/h6-8,19,21H,3-5,9-18H2,1-2H3,(H,26,31)(H2,25,27,28). The highest BCUT2D eigenvalue weighted by molar-refractivity contribution is 5.81. The van der Waals surface area contributed by atoms with Crippen molar-refractivity contribution >= 4 is 17.6 Å². The van der Waals surface area contributed by atoms with Crippen LogP contribution in [0.3, 0.4) is 0 Å². The molecule has 0 unspecified atom stereocenters. The van der Waals surface area contributed by atoms with Gasteiger partial charge in [-0.05, 0) is 63.8 Å². The van der Waals surface area contributed by atoms with Gasteiger partial charge in [-0.15, -0.1) is 0 Å². The molecular formula is C24H40N6O. The number of benzene rings is 1. The van der Waals surface area contributed by atoms with Crippen LogP contribution in [-0.2, 0) is 4.79 Å². The van der Waals surface area contributed by atoms with Gasteiger partial charge in [-0.2, -0.15) is 0 Å². The Bertz CT molecular complexity index is 710. The van der Waals surface area contributed by atoms with Crippen LogP contribution in [0.1, 0.15) is 38.2 Å². The van der Waals surface area contributed by atoms with Gasteiger partial charge in [0.15, 0.2) is 5.96 Å². The van der Waals surface area contributed by atoms with Crippen LogP contribution in [0.15, 0.2) is 29.3 Å². The molecule has 31 heavy (non-hydrogen) atoms. The number of hydrogen-bond donors (Lipinski definition) is 3. The first kappa shape index (κ1) is 23.4. The van der Waals surface area contributed by atoms with Crippen molar-refractivity contribution in [3.05, 3.63) is 29.8 Å². The molecule has 0 aromatic heterocycles. The number of unbranched alkanes of at least 4 members (excludes halogenated alkanes) is 1. The van der Waals surface area contributed by atoms with Gasteiger partial charge in [0.1, 0.15) is 0 Å². The third-order valence-corrected chi connectivity index (χ3v) is 5.90.